The SMILES string of the molecule is C#CCNC(CN)c1cccc(C(F)F)c1. The Kier molecular flexibility index (Phi) is 4.90. The minimum absolute atomic E-state index is 0.00143. The van der Waals surface area contributed by atoms with Crippen LogP contribution in [0.3, 0.4) is 0 Å². The van der Waals surface area contributed by atoms with Gasteiger partial charge in [-0.1, -0.05) is 24.1 Å². The molecule has 1 rings (SSSR count). The van der Waals surface area contributed by atoms with Gasteiger partial charge in [0.25, 0.3) is 6.43 Å². The van der Waals surface area contributed by atoms with Gasteiger partial charge in [-0.2, -0.15) is 0 Å². The minimum atomic E-state index is -2.47. The van der Waals surface area contributed by atoms with Crippen molar-refractivity contribution < 1.29 is 8.78 Å². The Bertz CT molecular complexity index is 372. The summed E-state index contributed by atoms with van der Waals surface area (Å²) in [6, 6.07) is 6.01. The Hall–Kier alpha value is -1.44. The molecule has 1 aromatic carbocycles. The third-order valence-electron chi connectivity index (χ3n) is 2.25. The molecule has 1 aromatic rings. The third kappa shape index (κ3) is 3.30. The summed E-state index contributed by atoms with van der Waals surface area (Å²) in [4.78, 5) is 0. The van der Waals surface area contributed by atoms with Crippen molar-refractivity contribution in [3.05, 3.63) is 35.4 Å². The third-order valence-corrected chi connectivity index (χ3v) is 2.25. The molecule has 16 heavy (non-hydrogen) atoms. The molecule has 0 fully saturated rings. The van der Waals surface area contributed by atoms with Crippen LogP contribution in [-0.2, 0) is 0 Å². The fraction of sp³-hybridized carbons (Fsp3) is 0.333. The fourth-order valence-electron chi connectivity index (χ4n) is 1.43. The molecule has 0 spiro atoms. The van der Waals surface area contributed by atoms with Crippen molar-refractivity contribution in [3.63, 3.8) is 0 Å². The van der Waals surface area contributed by atoms with E-state index < -0.39 is 6.43 Å². The van der Waals surface area contributed by atoms with E-state index in [-0.39, 0.29) is 11.6 Å². The highest BCUT2D eigenvalue weighted by Crippen LogP contribution is 2.22. The Morgan fingerprint density at radius 2 is 2.06 bits per heavy atom. The van der Waals surface area contributed by atoms with Gasteiger partial charge < -0.3 is 5.73 Å². The van der Waals surface area contributed by atoms with E-state index in [1.165, 1.54) is 12.1 Å². The molecule has 0 aromatic heterocycles. The molecule has 1 atom stereocenters. The van der Waals surface area contributed by atoms with Crippen molar-refractivity contribution >= 4 is 0 Å². The minimum Gasteiger partial charge on any atom is -0.329 e. The number of alkyl halides is 2. The Morgan fingerprint density at radius 1 is 1.38 bits per heavy atom. The summed E-state index contributed by atoms with van der Waals surface area (Å²) in [6.07, 6.45) is 2.65. The zero-order valence-electron chi connectivity index (χ0n) is 8.79. The lowest BCUT2D eigenvalue weighted by molar-refractivity contribution is 0.151. The average Bonchev–Trinajstić information content (AvgIpc) is 2.30. The highest BCUT2D eigenvalue weighted by molar-refractivity contribution is 5.27. The molecule has 0 radical (unpaired) electrons. The lowest BCUT2D eigenvalue weighted by atomic mass is 10.0. The van der Waals surface area contributed by atoms with E-state index in [4.69, 9.17) is 12.2 Å². The quantitative estimate of drug-likeness (QED) is 0.749. The molecule has 0 aliphatic carbocycles. The van der Waals surface area contributed by atoms with Gasteiger partial charge >= 0.3 is 0 Å². The van der Waals surface area contributed by atoms with Gasteiger partial charge in [0.15, 0.2) is 0 Å². The summed E-state index contributed by atoms with van der Waals surface area (Å²) < 4.78 is 25.0. The number of hydrogen-bond acceptors (Lipinski definition) is 2. The highest BCUT2D eigenvalue weighted by atomic mass is 19.3. The van der Waals surface area contributed by atoms with Crippen LogP contribution in [0.1, 0.15) is 23.6 Å². The van der Waals surface area contributed by atoms with E-state index in [2.05, 4.69) is 11.2 Å². The first kappa shape index (κ1) is 12.6. The molecule has 2 nitrogen and oxygen atoms in total. The van der Waals surface area contributed by atoms with Crippen molar-refractivity contribution in [3.8, 4) is 12.3 Å². The van der Waals surface area contributed by atoms with Crippen molar-refractivity contribution in [1.29, 1.82) is 0 Å². The maximum absolute atomic E-state index is 12.5. The maximum atomic E-state index is 12.5. The highest BCUT2D eigenvalue weighted by Gasteiger charge is 2.12. The second kappa shape index (κ2) is 6.21. The van der Waals surface area contributed by atoms with Crippen LogP contribution in [0.2, 0.25) is 0 Å². The fourth-order valence-corrected chi connectivity index (χ4v) is 1.43. The molecule has 3 N–H and O–H groups in total. The summed E-state index contributed by atoms with van der Waals surface area (Å²) in [5.41, 5.74) is 6.28. The van der Waals surface area contributed by atoms with Gasteiger partial charge in [0.05, 0.1) is 6.54 Å². The van der Waals surface area contributed by atoms with E-state index >= 15 is 0 Å². The summed E-state index contributed by atoms with van der Waals surface area (Å²) in [6.45, 7) is 0.676. The normalized spacial score (nSPS) is 12.4. The van der Waals surface area contributed by atoms with E-state index in [9.17, 15) is 8.78 Å². The topological polar surface area (TPSA) is 38.0 Å². The van der Waals surface area contributed by atoms with Gasteiger partial charge in [-0.05, 0) is 11.6 Å². The zero-order valence-corrected chi connectivity index (χ0v) is 8.79. The lowest BCUT2D eigenvalue weighted by Gasteiger charge is -2.16. The van der Waals surface area contributed by atoms with Crippen LogP contribution in [-0.4, -0.2) is 13.1 Å². The number of nitrogens with one attached hydrogen (secondary N) is 1. The number of hydrogen-bond donors (Lipinski definition) is 2. The van der Waals surface area contributed by atoms with Gasteiger partial charge in [-0.3, -0.25) is 5.32 Å². The first-order chi connectivity index (χ1) is 7.69. The summed E-state index contributed by atoms with van der Waals surface area (Å²) in [5, 5.41) is 3.00. The van der Waals surface area contributed by atoms with E-state index in [1.807, 2.05) is 0 Å². The van der Waals surface area contributed by atoms with Crippen molar-refractivity contribution in [1.82, 2.24) is 5.32 Å². The van der Waals surface area contributed by atoms with Gasteiger partial charge in [0.1, 0.15) is 0 Å². The molecule has 0 bridgehead atoms. The molecule has 0 aliphatic heterocycles. The predicted octanol–water partition coefficient (Wildman–Crippen LogP) is 1.85. The van der Waals surface area contributed by atoms with Gasteiger partial charge in [-0.25, -0.2) is 8.78 Å². The molecule has 0 saturated heterocycles. The Balaban J connectivity index is 2.84. The van der Waals surface area contributed by atoms with Gasteiger partial charge in [0, 0.05) is 18.2 Å². The molecular weight excluding hydrogens is 210 g/mol. The number of benzene rings is 1. The monoisotopic (exact) mass is 224 g/mol. The van der Waals surface area contributed by atoms with Crippen LogP contribution in [0.25, 0.3) is 0 Å². The largest absolute Gasteiger partial charge is 0.329 e. The summed E-state index contributed by atoms with van der Waals surface area (Å²) in [5.74, 6) is 2.42. The summed E-state index contributed by atoms with van der Waals surface area (Å²) in [7, 11) is 0. The molecule has 0 heterocycles. The molecule has 0 aliphatic rings. The smallest absolute Gasteiger partial charge is 0.263 e. The standard InChI is InChI=1S/C12H14F2N2/c1-2-6-16-11(8-15)9-4-3-5-10(7-9)12(13)14/h1,3-5,7,11-12,16H,6,8,15H2. The van der Waals surface area contributed by atoms with E-state index in [1.54, 1.807) is 12.1 Å². The van der Waals surface area contributed by atoms with Crippen molar-refractivity contribution in [2.45, 2.75) is 12.5 Å². The molecule has 0 saturated carbocycles. The first-order valence-electron chi connectivity index (χ1n) is 4.94. The second-order valence-electron chi connectivity index (χ2n) is 3.34. The maximum Gasteiger partial charge on any atom is 0.263 e. The first-order valence-corrected chi connectivity index (χ1v) is 4.94. The summed E-state index contributed by atoms with van der Waals surface area (Å²) >= 11 is 0. The number of nitrogens with two attached hydrogens (primary N) is 1. The predicted molar refractivity (Wildman–Crippen MR) is 60.0 cm³/mol. The molecule has 4 heteroatoms. The van der Waals surface area contributed by atoms with E-state index in [0.717, 1.165) is 5.56 Å². The van der Waals surface area contributed by atoms with Crippen LogP contribution < -0.4 is 11.1 Å². The molecule has 86 valence electrons. The van der Waals surface area contributed by atoms with E-state index in [0.29, 0.717) is 13.1 Å². The van der Waals surface area contributed by atoms with Crippen molar-refractivity contribution in [2.75, 3.05) is 13.1 Å². The molecule has 0 amide bonds. The van der Waals surface area contributed by atoms with Crippen LogP contribution in [0.15, 0.2) is 24.3 Å². The Morgan fingerprint density at radius 3 is 2.62 bits per heavy atom. The second-order valence-corrected chi connectivity index (χ2v) is 3.34. The van der Waals surface area contributed by atoms with Crippen LogP contribution in [0.5, 0.6) is 0 Å². The van der Waals surface area contributed by atoms with Crippen LogP contribution in [0, 0.1) is 12.3 Å². The Labute approximate surface area is 93.8 Å². The molecular formula is C12H14F2N2. The number of terminal acetylenes is 1. The molecule has 1 unspecified atom stereocenters. The average molecular weight is 224 g/mol. The van der Waals surface area contributed by atoms with Crippen LogP contribution in [0.4, 0.5) is 8.78 Å². The van der Waals surface area contributed by atoms with Gasteiger partial charge in [0.2, 0.25) is 0 Å². The van der Waals surface area contributed by atoms with Gasteiger partial charge in [-0.15, -0.1) is 6.42 Å². The number of rotatable bonds is 5. The number of halogens is 2. The van der Waals surface area contributed by atoms with Crippen molar-refractivity contribution in [2.24, 2.45) is 5.73 Å². The zero-order chi connectivity index (χ0) is 12.0. The lowest BCUT2D eigenvalue weighted by Crippen LogP contribution is -2.28. The van der Waals surface area contributed by atoms with Crippen LogP contribution >= 0.6 is 0 Å².